The van der Waals surface area contributed by atoms with Crippen LogP contribution in [0.2, 0.25) is 0 Å². The summed E-state index contributed by atoms with van der Waals surface area (Å²) in [6, 6.07) is -3.16. The van der Waals surface area contributed by atoms with E-state index >= 15 is 0 Å². The van der Waals surface area contributed by atoms with E-state index in [1.807, 2.05) is 7.05 Å². The molecular formula is C36H62N4O13. The van der Waals surface area contributed by atoms with Crippen molar-refractivity contribution in [1.29, 1.82) is 0 Å². The number of amides is 3. The molecule has 0 rings (SSSR count). The highest BCUT2D eigenvalue weighted by atomic mass is 16.5. The van der Waals surface area contributed by atoms with E-state index in [1.165, 1.54) is 6.92 Å². The van der Waals surface area contributed by atoms with Gasteiger partial charge >= 0.3 is 18.0 Å². The highest BCUT2D eigenvalue weighted by molar-refractivity contribution is 5.89. The Morgan fingerprint density at radius 2 is 1.28 bits per heavy atom. The Morgan fingerprint density at radius 3 is 1.92 bits per heavy atom. The lowest BCUT2D eigenvalue weighted by Gasteiger charge is -2.19. The zero-order valence-electron chi connectivity index (χ0n) is 31.5. The molecule has 0 saturated carbocycles. The first-order valence-corrected chi connectivity index (χ1v) is 18.6. The second-order valence-electron chi connectivity index (χ2n) is 12.9. The van der Waals surface area contributed by atoms with Crippen LogP contribution >= 0.6 is 0 Å². The Balaban J connectivity index is 4.04. The highest BCUT2D eigenvalue weighted by Crippen LogP contribution is 2.14. The Labute approximate surface area is 312 Å². The van der Waals surface area contributed by atoms with E-state index in [-0.39, 0.29) is 49.8 Å². The third-order valence-electron chi connectivity index (χ3n) is 8.21. The van der Waals surface area contributed by atoms with Crippen LogP contribution in [0.15, 0.2) is 0 Å². The minimum Gasteiger partial charge on any atom is -0.481 e. The first-order valence-electron chi connectivity index (χ1n) is 18.6. The standard InChI is InChI=1S/C36H62N4O13/c1-27(42)31(17-18-34(46)47)39-36(50)40-32(35(48)49)15-10-11-19-38-33(45)16-9-4-3-6-12-28(43)24-30(53-26-41)14-8-5-7-13-29(44)25-52-23-22-51-21-20-37-2/h26,30-32,37H,3-25H2,1-2H3,(H,38,45)(H,46,47)(H,48,49)(H2,39,40,50)/t30?,31-,32-/m0/s1. The van der Waals surface area contributed by atoms with Gasteiger partial charge in [-0.15, -0.1) is 0 Å². The SMILES string of the molecule is CNCCOCCOCC(=O)CCCCCC(CC(=O)CCCCCCC(=O)NCCCC[C@H](NC(=O)N[C@@H](CCC(=O)O)C(C)=O)C(=O)O)OC=O. The zero-order valence-corrected chi connectivity index (χ0v) is 31.5. The Morgan fingerprint density at radius 1 is 0.660 bits per heavy atom. The van der Waals surface area contributed by atoms with Gasteiger partial charge in [0.05, 0.1) is 25.9 Å². The summed E-state index contributed by atoms with van der Waals surface area (Å²) in [6.07, 6.45) is 6.82. The van der Waals surface area contributed by atoms with E-state index in [0.717, 1.165) is 32.2 Å². The lowest BCUT2D eigenvalue weighted by molar-refractivity contribution is -0.139. The Kier molecular flexibility index (Phi) is 30.2. The number of aliphatic carboxylic acids is 2. The van der Waals surface area contributed by atoms with Crippen molar-refractivity contribution < 1.29 is 62.8 Å². The molecule has 0 aromatic carbocycles. The smallest absolute Gasteiger partial charge is 0.326 e. The van der Waals surface area contributed by atoms with Crippen molar-refractivity contribution in [2.45, 2.75) is 134 Å². The fourth-order valence-corrected chi connectivity index (χ4v) is 5.19. The van der Waals surface area contributed by atoms with Gasteiger partial charge in [-0.2, -0.15) is 0 Å². The number of carbonyl (C=O) groups excluding carboxylic acids is 6. The van der Waals surface area contributed by atoms with Crippen LogP contribution in [0.3, 0.4) is 0 Å². The summed E-state index contributed by atoms with van der Waals surface area (Å²) in [4.78, 5) is 93.7. The summed E-state index contributed by atoms with van der Waals surface area (Å²) >= 11 is 0. The molecule has 0 heterocycles. The van der Waals surface area contributed by atoms with Gasteiger partial charge in [-0.25, -0.2) is 9.59 Å². The monoisotopic (exact) mass is 758 g/mol. The quantitative estimate of drug-likeness (QED) is 0.0393. The number of hydrogen-bond acceptors (Lipinski definition) is 12. The molecule has 0 aromatic heterocycles. The van der Waals surface area contributed by atoms with Crippen molar-refractivity contribution >= 4 is 47.7 Å². The molecule has 17 nitrogen and oxygen atoms in total. The maximum atomic E-state index is 12.4. The summed E-state index contributed by atoms with van der Waals surface area (Å²) in [5, 5.41) is 28.6. The van der Waals surface area contributed by atoms with Crippen LogP contribution in [0.4, 0.5) is 4.79 Å². The highest BCUT2D eigenvalue weighted by Gasteiger charge is 2.23. The van der Waals surface area contributed by atoms with Crippen LogP contribution in [0.25, 0.3) is 0 Å². The summed E-state index contributed by atoms with van der Waals surface area (Å²) < 4.78 is 15.8. The minimum absolute atomic E-state index is 0.00816. The molecule has 53 heavy (non-hydrogen) atoms. The summed E-state index contributed by atoms with van der Waals surface area (Å²) in [7, 11) is 1.84. The van der Waals surface area contributed by atoms with Crippen molar-refractivity contribution in [3.05, 3.63) is 0 Å². The van der Waals surface area contributed by atoms with Crippen LogP contribution < -0.4 is 21.3 Å². The third-order valence-corrected chi connectivity index (χ3v) is 8.21. The predicted molar refractivity (Wildman–Crippen MR) is 193 cm³/mol. The number of carboxylic acids is 2. The first kappa shape index (κ1) is 49.0. The van der Waals surface area contributed by atoms with E-state index in [9.17, 15) is 43.5 Å². The summed E-state index contributed by atoms with van der Waals surface area (Å²) in [5.74, 6) is -2.94. The zero-order chi connectivity index (χ0) is 39.7. The molecule has 1 unspecified atom stereocenters. The maximum absolute atomic E-state index is 12.4. The number of carbonyl (C=O) groups is 8. The van der Waals surface area contributed by atoms with Crippen molar-refractivity contribution in [1.82, 2.24) is 21.3 Å². The van der Waals surface area contributed by atoms with Gasteiger partial charge in [0.1, 0.15) is 24.5 Å². The summed E-state index contributed by atoms with van der Waals surface area (Å²) in [6.45, 7) is 4.11. The molecule has 0 fully saturated rings. The van der Waals surface area contributed by atoms with Crippen LogP contribution in [-0.4, -0.2) is 123 Å². The molecule has 17 heteroatoms. The van der Waals surface area contributed by atoms with Crippen molar-refractivity contribution in [2.24, 2.45) is 0 Å². The fraction of sp³-hybridized carbons (Fsp3) is 0.778. The average molecular weight is 759 g/mol. The molecular weight excluding hydrogens is 696 g/mol. The number of ketones is 3. The molecule has 304 valence electrons. The maximum Gasteiger partial charge on any atom is 0.326 e. The van der Waals surface area contributed by atoms with Crippen LogP contribution in [0.5, 0.6) is 0 Å². The van der Waals surface area contributed by atoms with E-state index in [4.69, 9.17) is 19.3 Å². The lowest BCUT2D eigenvalue weighted by atomic mass is 10.0. The molecule has 0 saturated heterocycles. The molecule has 3 atom stereocenters. The van der Waals surface area contributed by atoms with Gasteiger partial charge < -0.3 is 45.7 Å². The normalized spacial score (nSPS) is 12.6. The lowest BCUT2D eigenvalue weighted by Crippen LogP contribution is -2.50. The molecule has 0 bridgehead atoms. The molecule has 6 N–H and O–H groups in total. The van der Waals surface area contributed by atoms with Crippen LogP contribution in [0.1, 0.15) is 116 Å². The van der Waals surface area contributed by atoms with Gasteiger partial charge in [-0.1, -0.05) is 19.3 Å². The van der Waals surface area contributed by atoms with Gasteiger partial charge in [0.15, 0.2) is 11.6 Å². The molecule has 0 aliphatic rings. The first-order chi connectivity index (χ1) is 25.4. The third kappa shape index (κ3) is 30.2. The average Bonchev–Trinajstić information content (AvgIpc) is 3.10. The second-order valence-corrected chi connectivity index (χ2v) is 12.9. The van der Waals surface area contributed by atoms with Crippen molar-refractivity contribution in [3.8, 4) is 0 Å². The molecule has 0 radical (unpaired) electrons. The predicted octanol–water partition coefficient (Wildman–Crippen LogP) is 2.46. The molecule has 0 aliphatic heterocycles. The minimum atomic E-state index is -1.26. The number of nitrogens with one attached hydrogen (secondary N) is 4. The van der Waals surface area contributed by atoms with Gasteiger partial charge in [-0.3, -0.25) is 28.8 Å². The number of hydrogen-bond donors (Lipinski definition) is 6. The number of unbranched alkanes of at least 4 members (excludes halogenated alkanes) is 6. The van der Waals surface area contributed by atoms with Gasteiger partial charge in [0, 0.05) is 45.2 Å². The number of urea groups is 1. The number of carboxylic acid groups (broad SMARTS) is 2. The summed E-state index contributed by atoms with van der Waals surface area (Å²) in [5.41, 5.74) is 0. The van der Waals surface area contributed by atoms with E-state index in [2.05, 4.69) is 21.3 Å². The fourth-order valence-electron chi connectivity index (χ4n) is 5.19. The Bertz CT molecular complexity index is 1110. The topological polar surface area (TPSA) is 253 Å². The number of ether oxygens (including phenoxy) is 3. The van der Waals surface area contributed by atoms with Crippen LogP contribution in [-0.2, 0) is 47.8 Å². The Hall–Kier alpha value is -3.96. The van der Waals surface area contributed by atoms with Gasteiger partial charge in [-0.05, 0) is 71.8 Å². The van der Waals surface area contributed by atoms with Gasteiger partial charge in [0.2, 0.25) is 5.91 Å². The van der Waals surface area contributed by atoms with Crippen molar-refractivity contribution in [2.75, 3.05) is 46.6 Å². The number of Topliss-reactive ketones (excluding diaryl/α,β-unsaturated/α-hetero) is 3. The molecule has 3 amide bonds. The van der Waals surface area contributed by atoms with Crippen LogP contribution in [0, 0.1) is 0 Å². The van der Waals surface area contributed by atoms with E-state index < -0.39 is 41.9 Å². The van der Waals surface area contributed by atoms with Crippen molar-refractivity contribution in [3.63, 3.8) is 0 Å². The number of likely N-dealkylation sites (N-methyl/N-ethyl adjacent to an activating group) is 1. The molecule has 0 aliphatic carbocycles. The molecule has 0 spiro atoms. The van der Waals surface area contributed by atoms with Gasteiger partial charge in [0.25, 0.3) is 6.47 Å². The second kappa shape index (κ2) is 32.7. The largest absolute Gasteiger partial charge is 0.481 e. The molecule has 0 aromatic rings. The van der Waals surface area contributed by atoms with E-state index in [1.54, 1.807) is 0 Å². The van der Waals surface area contributed by atoms with E-state index in [0.29, 0.717) is 90.6 Å². The number of rotatable bonds is 37.